The fourth-order valence-electron chi connectivity index (χ4n) is 5.41. The van der Waals surface area contributed by atoms with E-state index in [1.165, 1.54) is 0 Å². The molecule has 0 atom stereocenters. The summed E-state index contributed by atoms with van der Waals surface area (Å²) in [4.78, 5) is 46.1. The topological polar surface area (TPSA) is 139 Å². The van der Waals surface area contributed by atoms with Crippen molar-refractivity contribution in [2.45, 2.75) is 5.41 Å². The first-order chi connectivity index (χ1) is 21.3. The van der Waals surface area contributed by atoms with Crippen LogP contribution in [-0.2, 0) is 5.41 Å². The zero-order valence-electron chi connectivity index (χ0n) is 22.4. The molecule has 0 amide bonds. The maximum atomic E-state index is 5.19. The monoisotopic (exact) mass is 560 g/mol. The van der Waals surface area contributed by atoms with Crippen LogP contribution in [0, 0.1) is 0 Å². The van der Waals surface area contributed by atoms with Crippen molar-refractivity contribution < 1.29 is 0 Å². The van der Waals surface area contributed by atoms with Crippen LogP contribution in [0.4, 0.5) is 0 Å². The first-order valence-corrected chi connectivity index (χ1v) is 13.4. The number of hydrogen-bond donors (Lipinski definition) is 0. The zero-order chi connectivity index (χ0) is 28.6. The molecule has 0 unspecified atom stereocenters. The lowest BCUT2D eigenvalue weighted by molar-refractivity contribution is 0.669. The minimum absolute atomic E-state index is 0.515. The van der Waals surface area contributed by atoms with Crippen LogP contribution < -0.4 is 0 Å². The molecule has 0 N–H and O–H groups in total. The van der Waals surface area contributed by atoms with E-state index >= 15 is 0 Å². The number of rotatable bonds is 6. The van der Waals surface area contributed by atoms with Gasteiger partial charge in [0.2, 0.25) is 0 Å². The second-order valence-corrected chi connectivity index (χ2v) is 9.64. The zero-order valence-corrected chi connectivity index (χ0v) is 22.4. The van der Waals surface area contributed by atoms with Crippen molar-refractivity contribution in [3.63, 3.8) is 0 Å². The molecule has 0 bridgehead atoms. The Morgan fingerprint density at radius 3 is 1.37 bits per heavy atom. The molecule has 0 saturated heterocycles. The quantitative estimate of drug-likeness (QED) is 0.294. The van der Waals surface area contributed by atoms with Crippen molar-refractivity contribution in [1.29, 1.82) is 0 Å². The Labute approximate surface area is 243 Å². The van der Waals surface area contributed by atoms with Gasteiger partial charge in [0, 0.05) is 24.8 Å². The van der Waals surface area contributed by atoms with Crippen molar-refractivity contribution in [3.05, 3.63) is 145 Å². The second kappa shape index (κ2) is 9.96. The maximum absolute atomic E-state index is 5.19. The van der Waals surface area contributed by atoms with E-state index in [-0.39, 0.29) is 0 Å². The molecule has 6 aromatic heterocycles. The van der Waals surface area contributed by atoms with E-state index in [0.717, 1.165) is 11.1 Å². The fraction of sp³-hybridized carbons (Fsp3) is 0.0323. The molecule has 8 aromatic rings. The lowest BCUT2D eigenvalue weighted by Gasteiger charge is -2.34. The molecule has 8 rings (SSSR count). The molecule has 0 aliphatic rings. The molecule has 0 aliphatic heterocycles. The predicted molar refractivity (Wildman–Crippen MR) is 156 cm³/mol. The summed E-state index contributed by atoms with van der Waals surface area (Å²) in [7, 11) is 0. The van der Waals surface area contributed by atoms with E-state index < -0.39 is 5.41 Å². The van der Waals surface area contributed by atoms with Crippen LogP contribution in [0.25, 0.3) is 34.2 Å². The van der Waals surface area contributed by atoms with Crippen LogP contribution in [0.15, 0.2) is 123 Å². The van der Waals surface area contributed by atoms with E-state index in [1.54, 1.807) is 71.4 Å². The van der Waals surface area contributed by atoms with E-state index in [0.29, 0.717) is 45.6 Å². The van der Waals surface area contributed by atoms with Gasteiger partial charge in [0.05, 0.1) is 36.2 Å². The molecule has 12 heteroatoms. The fourth-order valence-corrected chi connectivity index (χ4v) is 5.41. The highest BCUT2D eigenvalue weighted by Gasteiger charge is 2.42. The third-order valence-electron chi connectivity index (χ3n) is 7.29. The van der Waals surface area contributed by atoms with Crippen LogP contribution in [-0.4, -0.2) is 59.0 Å². The van der Waals surface area contributed by atoms with Gasteiger partial charge in [-0.05, 0) is 11.1 Å². The largest absolute Gasteiger partial charge is 0.264 e. The molecular formula is C31H20N12. The number of fused-ring (bicyclic) bond motifs is 2. The third-order valence-corrected chi connectivity index (χ3v) is 7.29. The Morgan fingerprint density at radius 1 is 0.465 bits per heavy atom. The van der Waals surface area contributed by atoms with Crippen molar-refractivity contribution in [1.82, 2.24) is 59.0 Å². The number of imidazole rings is 2. The Bertz CT molecular complexity index is 2050. The van der Waals surface area contributed by atoms with Crippen LogP contribution >= 0.6 is 0 Å². The molecule has 0 radical (unpaired) electrons. The molecule has 204 valence electrons. The van der Waals surface area contributed by atoms with Gasteiger partial charge in [0.15, 0.2) is 34.2 Å². The smallest absolute Gasteiger partial charge is 0.197 e. The standard InChI is InChI=1S/C31H20N12/c1-3-7-21(8-4-1)31(22-9-5-2-6-10-22,23-15-32-17-25(40-23)42-19-38-27-29(42)36-13-11-34-27)24-16-33-18-26(41-24)43-20-39-28-30(43)37-14-12-35-28/h1-20H. The number of benzene rings is 2. The van der Waals surface area contributed by atoms with Gasteiger partial charge in [-0.25, -0.2) is 39.9 Å². The SMILES string of the molecule is c1ccc(C(c2ccccc2)(c2cncc(-n3cnc4nccnc43)n2)c2cncc(-n3cnc4nccnc43)n2)cc1. The van der Waals surface area contributed by atoms with Crippen LogP contribution in [0.2, 0.25) is 0 Å². The normalized spacial score (nSPS) is 11.7. The summed E-state index contributed by atoms with van der Waals surface area (Å²) >= 11 is 0. The van der Waals surface area contributed by atoms with Gasteiger partial charge in [-0.3, -0.25) is 19.1 Å². The summed E-state index contributed by atoms with van der Waals surface area (Å²) in [6.07, 6.45) is 16.7. The minimum atomic E-state index is -1.02. The summed E-state index contributed by atoms with van der Waals surface area (Å²) in [5, 5.41) is 0. The molecular weight excluding hydrogens is 540 g/mol. The van der Waals surface area contributed by atoms with Gasteiger partial charge >= 0.3 is 0 Å². The Morgan fingerprint density at radius 2 is 0.907 bits per heavy atom. The van der Waals surface area contributed by atoms with E-state index in [4.69, 9.17) is 9.97 Å². The van der Waals surface area contributed by atoms with Crippen molar-refractivity contribution >= 4 is 22.6 Å². The number of aromatic nitrogens is 12. The van der Waals surface area contributed by atoms with Gasteiger partial charge in [-0.15, -0.1) is 0 Å². The van der Waals surface area contributed by atoms with Gasteiger partial charge in [-0.2, -0.15) is 0 Å². The molecule has 0 aliphatic carbocycles. The average Bonchev–Trinajstić information content (AvgIpc) is 3.72. The molecule has 0 spiro atoms. The van der Waals surface area contributed by atoms with Gasteiger partial charge < -0.3 is 0 Å². The molecule has 6 heterocycles. The minimum Gasteiger partial charge on any atom is -0.264 e. The summed E-state index contributed by atoms with van der Waals surface area (Å²) < 4.78 is 3.55. The lowest BCUT2D eigenvalue weighted by atomic mass is 9.69. The van der Waals surface area contributed by atoms with Gasteiger partial charge in [0.25, 0.3) is 0 Å². The van der Waals surface area contributed by atoms with Gasteiger partial charge in [-0.1, -0.05) is 60.7 Å². The second-order valence-electron chi connectivity index (χ2n) is 9.64. The van der Waals surface area contributed by atoms with E-state index in [1.807, 2.05) is 36.4 Å². The highest BCUT2D eigenvalue weighted by molar-refractivity contribution is 5.68. The van der Waals surface area contributed by atoms with Crippen LogP contribution in [0.3, 0.4) is 0 Å². The van der Waals surface area contributed by atoms with Crippen LogP contribution in [0.1, 0.15) is 22.5 Å². The Balaban J connectivity index is 1.42. The summed E-state index contributed by atoms with van der Waals surface area (Å²) in [5.74, 6) is 1.08. The molecule has 0 saturated carbocycles. The van der Waals surface area contributed by atoms with Crippen molar-refractivity contribution in [2.24, 2.45) is 0 Å². The molecule has 0 fully saturated rings. The van der Waals surface area contributed by atoms with Crippen LogP contribution in [0.5, 0.6) is 0 Å². The summed E-state index contributed by atoms with van der Waals surface area (Å²) in [5.41, 5.74) is 4.31. The van der Waals surface area contributed by atoms with E-state index in [9.17, 15) is 0 Å². The first-order valence-electron chi connectivity index (χ1n) is 13.4. The Hall–Kier alpha value is -6.30. The van der Waals surface area contributed by atoms with E-state index in [2.05, 4.69) is 64.1 Å². The Kier molecular flexibility index (Phi) is 5.67. The average molecular weight is 561 g/mol. The summed E-state index contributed by atoms with van der Waals surface area (Å²) in [6.45, 7) is 0. The third kappa shape index (κ3) is 3.92. The van der Waals surface area contributed by atoms with Gasteiger partial charge in [0.1, 0.15) is 18.1 Å². The lowest BCUT2D eigenvalue weighted by Crippen LogP contribution is -2.34. The molecule has 12 nitrogen and oxygen atoms in total. The number of hydrogen-bond acceptors (Lipinski definition) is 10. The molecule has 43 heavy (non-hydrogen) atoms. The highest BCUT2D eigenvalue weighted by Crippen LogP contribution is 2.43. The first kappa shape index (κ1) is 24.5. The number of nitrogens with zero attached hydrogens (tertiary/aromatic N) is 12. The maximum Gasteiger partial charge on any atom is 0.197 e. The van der Waals surface area contributed by atoms with Crippen molar-refractivity contribution in [2.75, 3.05) is 0 Å². The predicted octanol–water partition coefficient (Wildman–Crippen LogP) is 3.91. The summed E-state index contributed by atoms with van der Waals surface area (Å²) in [6, 6.07) is 20.2. The molecule has 2 aromatic carbocycles. The van der Waals surface area contributed by atoms with Crippen molar-refractivity contribution in [3.8, 4) is 11.6 Å². The highest BCUT2D eigenvalue weighted by atomic mass is 15.2.